The van der Waals surface area contributed by atoms with E-state index in [1.807, 2.05) is 0 Å². The summed E-state index contributed by atoms with van der Waals surface area (Å²) in [5.41, 5.74) is -0.147. The normalized spacial score (nSPS) is 10.7. The Morgan fingerprint density at radius 2 is 1.91 bits per heavy atom. The highest BCUT2D eigenvalue weighted by atomic mass is 35.5. The number of aromatic nitrogens is 3. The largest absolute Gasteiger partial charge is 0.305 e. The molecule has 0 saturated heterocycles. The van der Waals surface area contributed by atoms with Crippen molar-refractivity contribution < 1.29 is 4.79 Å². The molecule has 0 aliphatic heterocycles. The molecule has 0 aliphatic carbocycles. The monoisotopic (exact) mass is 348 g/mol. The van der Waals surface area contributed by atoms with Crippen LogP contribution in [-0.4, -0.2) is 20.7 Å². The van der Waals surface area contributed by atoms with Gasteiger partial charge in [-0.3, -0.25) is 14.3 Å². The molecule has 2 aromatic heterocycles. The van der Waals surface area contributed by atoms with E-state index in [4.69, 9.17) is 23.2 Å². The first-order valence-electron chi connectivity index (χ1n) is 6.55. The summed E-state index contributed by atoms with van der Waals surface area (Å²) < 4.78 is 1.46. The average molecular weight is 349 g/mol. The van der Waals surface area contributed by atoms with Gasteiger partial charge in [-0.1, -0.05) is 23.2 Å². The van der Waals surface area contributed by atoms with Gasteiger partial charge >= 0.3 is 0 Å². The number of anilines is 1. The quantitative estimate of drug-likeness (QED) is 0.772. The predicted molar refractivity (Wildman–Crippen MR) is 89.2 cm³/mol. The van der Waals surface area contributed by atoms with Crippen LogP contribution >= 0.6 is 23.2 Å². The molecule has 2 heterocycles. The Hall–Kier alpha value is -2.44. The van der Waals surface area contributed by atoms with E-state index in [0.29, 0.717) is 20.9 Å². The average Bonchev–Trinajstić information content (AvgIpc) is 2.53. The number of halogens is 2. The van der Waals surface area contributed by atoms with Gasteiger partial charge in [-0.15, -0.1) is 0 Å². The second kappa shape index (κ2) is 5.98. The molecule has 1 N–H and O–H groups in total. The van der Waals surface area contributed by atoms with Gasteiger partial charge in [0.15, 0.2) is 5.69 Å². The van der Waals surface area contributed by atoms with Gasteiger partial charge in [0.2, 0.25) is 5.43 Å². The van der Waals surface area contributed by atoms with Crippen molar-refractivity contribution in [1.82, 2.24) is 14.8 Å². The summed E-state index contributed by atoms with van der Waals surface area (Å²) in [6, 6.07) is 7.95. The van der Waals surface area contributed by atoms with Gasteiger partial charge in [0.05, 0.1) is 15.9 Å². The third-order valence-corrected chi connectivity index (χ3v) is 3.66. The number of nitrogens with zero attached hydrogens (tertiary/aromatic N) is 3. The van der Waals surface area contributed by atoms with Crippen molar-refractivity contribution in [2.24, 2.45) is 7.05 Å². The SMILES string of the molecule is Cn1nc(C(=O)Nc2ccc(Cl)cn2)c(=O)c2cc(Cl)ccc21. The zero-order chi connectivity index (χ0) is 16.6. The van der Waals surface area contributed by atoms with Crippen LogP contribution in [0.4, 0.5) is 5.82 Å². The van der Waals surface area contributed by atoms with Gasteiger partial charge in [-0.2, -0.15) is 5.10 Å². The number of amides is 1. The van der Waals surface area contributed by atoms with Gasteiger partial charge in [0.25, 0.3) is 5.91 Å². The Labute approximate surface area is 140 Å². The Morgan fingerprint density at radius 3 is 2.61 bits per heavy atom. The number of benzene rings is 1. The van der Waals surface area contributed by atoms with Crippen molar-refractivity contribution in [2.45, 2.75) is 0 Å². The number of carbonyl (C=O) groups excluding carboxylic acids is 1. The van der Waals surface area contributed by atoms with Crippen LogP contribution in [0.3, 0.4) is 0 Å². The molecule has 3 rings (SSSR count). The summed E-state index contributed by atoms with van der Waals surface area (Å²) in [6.07, 6.45) is 1.39. The fourth-order valence-electron chi connectivity index (χ4n) is 2.12. The molecule has 23 heavy (non-hydrogen) atoms. The summed E-state index contributed by atoms with van der Waals surface area (Å²) >= 11 is 11.7. The molecule has 0 fully saturated rings. The second-order valence-electron chi connectivity index (χ2n) is 4.78. The fourth-order valence-corrected chi connectivity index (χ4v) is 2.41. The third kappa shape index (κ3) is 3.04. The fraction of sp³-hybridized carbons (Fsp3) is 0.0667. The Bertz CT molecular complexity index is 968. The lowest BCUT2D eigenvalue weighted by molar-refractivity contribution is 0.101. The molecule has 8 heteroatoms. The Balaban J connectivity index is 2.05. The first kappa shape index (κ1) is 15.5. The van der Waals surface area contributed by atoms with E-state index in [1.54, 1.807) is 25.2 Å². The van der Waals surface area contributed by atoms with Crippen molar-refractivity contribution in [3.05, 3.63) is 62.5 Å². The Morgan fingerprint density at radius 1 is 1.17 bits per heavy atom. The van der Waals surface area contributed by atoms with Crippen LogP contribution in [0.5, 0.6) is 0 Å². The molecule has 1 aromatic carbocycles. The molecule has 0 aliphatic rings. The second-order valence-corrected chi connectivity index (χ2v) is 5.65. The molecule has 1 amide bonds. The van der Waals surface area contributed by atoms with Crippen LogP contribution in [0.2, 0.25) is 10.0 Å². The maximum absolute atomic E-state index is 12.5. The highest BCUT2D eigenvalue weighted by Crippen LogP contribution is 2.16. The van der Waals surface area contributed by atoms with Crippen LogP contribution in [0.25, 0.3) is 10.9 Å². The molecule has 3 aromatic rings. The van der Waals surface area contributed by atoms with Gasteiger partial charge in [0.1, 0.15) is 5.82 Å². The summed E-state index contributed by atoms with van der Waals surface area (Å²) in [5, 5.41) is 7.73. The maximum Gasteiger partial charge on any atom is 0.281 e. The minimum atomic E-state index is -0.651. The van der Waals surface area contributed by atoms with E-state index in [2.05, 4.69) is 15.4 Å². The standard InChI is InChI=1S/C15H10Cl2N4O2/c1-21-11-4-2-8(16)6-10(11)14(22)13(20-21)15(23)19-12-5-3-9(17)7-18-12/h2-7H,1H3,(H,18,19,23). The molecule has 116 valence electrons. The van der Waals surface area contributed by atoms with E-state index >= 15 is 0 Å². The lowest BCUT2D eigenvalue weighted by Crippen LogP contribution is -2.26. The van der Waals surface area contributed by atoms with Crippen molar-refractivity contribution in [3.63, 3.8) is 0 Å². The van der Waals surface area contributed by atoms with Crippen molar-refractivity contribution in [2.75, 3.05) is 5.32 Å². The number of fused-ring (bicyclic) bond motifs is 1. The minimum absolute atomic E-state index is 0.237. The predicted octanol–water partition coefficient (Wildman–Crippen LogP) is 2.89. The maximum atomic E-state index is 12.5. The van der Waals surface area contributed by atoms with Gasteiger partial charge < -0.3 is 5.32 Å². The number of carbonyl (C=O) groups is 1. The number of hydrogen-bond donors (Lipinski definition) is 1. The molecule has 6 nitrogen and oxygen atoms in total. The molecule has 0 radical (unpaired) electrons. The van der Waals surface area contributed by atoms with Crippen LogP contribution < -0.4 is 10.7 Å². The van der Waals surface area contributed by atoms with Gasteiger partial charge in [0, 0.05) is 18.3 Å². The minimum Gasteiger partial charge on any atom is -0.305 e. The zero-order valence-corrected chi connectivity index (χ0v) is 13.4. The van der Waals surface area contributed by atoms with E-state index < -0.39 is 11.3 Å². The van der Waals surface area contributed by atoms with E-state index in [1.165, 1.54) is 23.0 Å². The number of aryl methyl sites for hydroxylation is 1. The Kier molecular flexibility index (Phi) is 4.02. The lowest BCUT2D eigenvalue weighted by Gasteiger charge is -2.08. The lowest BCUT2D eigenvalue weighted by atomic mass is 10.2. The zero-order valence-electron chi connectivity index (χ0n) is 11.9. The van der Waals surface area contributed by atoms with Crippen LogP contribution in [0, 0.1) is 0 Å². The van der Waals surface area contributed by atoms with E-state index in [0.717, 1.165) is 0 Å². The topological polar surface area (TPSA) is 76.9 Å². The highest BCUT2D eigenvalue weighted by Gasteiger charge is 2.17. The summed E-state index contributed by atoms with van der Waals surface area (Å²) in [7, 11) is 1.65. The van der Waals surface area contributed by atoms with Crippen LogP contribution in [-0.2, 0) is 7.05 Å². The molecular weight excluding hydrogens is 339 g/mol. The van der Waals surface area contributed by atoms with Crippen molar-refractivity contribution >= 4 is 45.8 Å². The van der Waals surface area contributed by atoms with Gasteiger partial charge in [-0.25, -0.2) is 4.98 Å². The number of nitrogens with one attached hydrogen (secondary N) is 1. The molecule has 0 atom stereocenters. The molecule has 0 bridgehead atoms. The molecule has 0 saturated carbocycles. The van der Waals surface area contributed by atoms with Crippen LogP contribution in [0.1, 0.15) is 10.5 Å². The van der Waals surface area contributed by atoms with Crippen molar-refractivity contribution in [3.8, 4) is 0 Å². The number of hydrogen-bond acceptors (Lipinski definition) is 4. The summed E-state index contributed by atoms with van der Waals surface area (Å²) in [5.74, 6) is -0.378. The number of rotatable bonds is 2. The van der Waals surface area contributed by atoms with E-state index in [9.17, 15) is 9.59 Å². The highest BCUT2D eigenvalue weighted by molar-refractivity contribution is 6.31. The van der Waals surface area contributed by atoms with E-state index in [-0.39, 0.29) is 11.5 Å². The van der Waals surface area contributed by atoms with Crippen molar-refractivity contribution in [1.29, 1.82) is 0 Å². The smallest absolute Gasteiger partial charge is 0.281 e. The summed E-state index contributed by atoms with van der Waals surface area (Å²) in [4.78, 5) is 28.7. The molecular formula is C15H10Cl2N4O2. The first-order valence-corrected chi connectivity index (χ1v) is 7.31. The molecule has 0 spiro atoms. The first-order chi connectivity index (χ1) is 11.0. The van der Waals surface area contributed by atoms with Gasteiger partial charge in [-0.05, 0) is 30.3 Å². The number of pyridine rings is 1. The van der Waals surface area contributed by atoms with Crippen LogP contribution in [0.15, 0.2) is 41.3 Å². The third-order valence-electron chi connectivity index (χ3n) is 3.20. The molecule has 0 unspecified atom stereocenters. The summed E-state index contributed by atoms with van der Waals surface area (Å²) in [6.45, 7) is 0.